The Morgan fingerprint density at radius 2 is 2.36 bits per heavy atom. The minimum absolute atomic E-state index is 0.707. The first-order valence-corrected chi connectivity index (χ1v) is 5.88. The van der Waals surface area contributed by atoms with Crippen LogP contribution in [0.2, 0.25) is 0 Å². The van der Waals surface area contributed by atoms with Crippen molar-refractivity contribution in [3.8, 4) is 0 Å². The monoisotopic (exact) mass is 199 g/mol. The first-order chi connectivity index (χ1) is 6.74. The van der Waals surface area contributed by atoms with Gasteiger partial charge in [0.25, 0.3) is 0 Å². The molecule has 0 aromatic rings. The second-order valence-electron chi connectivity index (χ2n) is 4.38. The van der Waals surface area contributed by atoms with Crippen LogP contribution in [0.25, 0.3) is 0 Å². The largest absolute Gasteiger partial charge is 0.315 e. The molecule has 0 amide bonds. The topological polar surface area (TPSA) is 27.3 Å². The molecular formula is C11H25N3. The van der Waals surface area contributed by atoms with Gasteiger partial charge in [0.15, 0.2) is 0 Å². The van der Waals surface area contributed by atoms with Gasteiger partial charge in [-0.2, -0.15) is 0 Å². The zero-order valence-electron chi connectivity index (χ0n) is 9.84. The van der Waals surface area contributed by atoms with Gasteiger partial charge in [0.2, 0.25) is 0 Å². The average molecular weight is 199 g/mol. The van der Waals surface area contributed by atoms with Crippen LogP contribution in [0, 0.1) is 0 Å². The van der Waals surface area contributed by atoms with Crippen LogP contribution in [0.5, 0.6) is 0 Å². The number of likely N-dealkylation sites (N-methyl/N-ethyl adjacent to an activating group) is 1. The summed E-state index contributed by atoms with van der Waals surface area (Å²) in [6.07, 6.45) is 2.52. The SMILES string of the molecule is CCC(C)N(C)CCNC1CCNC1. The Labute approximate surface area is 88.2 Å². The minimum atomic E-state index is 0.707. The standard InChI is InChI=1S/C11H25N3/c1-4-10(2)14(3)8-7-13-11-5-6-12-9-11/h10-13H,4-9H2,1-3H3. The van der Waals surface area contributed by atoms with Crippen molar-refractivity contribution in [2.24, 2.45) is 0 Å². The van der Waals surface area contributed by atoms with Crippen molar-refractivity contribution in [1.82, 2.24) is 15.5 Å². The molecule has 14 heavy (non-hydrogen) atoms. The van der Waals surface area contributed by atoms with Crippen molar-refractivity contribution in [2.45, 2.75) is 38.8 Å². The van der Waals surface area contributed by atoms with E-state index in [1.54, 1.807) is 0 Å². The lowest BCUT2D eigenvalue weighted by molar-refractivity contribution is 0.249. The summed E-state index contributed by atoms with van der Waals surface area (Å²) in [5, 5.41) is 6.96. The Morgan fingerprint density at radius 3 is 2.93 bits per heavy atom. The second kappa shape index (κ2) is 6.38. The zero-order valence-corrected chi connectivity index (χ0v) is 9.84. The maximum atomic E-state index is 3.59. The molecular weight excluding hydrogens is 174 g/mol. The highest BCUT2D eigenvalue weighted by Gasteiger charge is 2.13. The lowest BCUT2D eigenvalue weighted by atomic mass is 10.2. The third-order valence-corrected chi connectivity index (χ3v) is 3.30. The summed E-state index contributed by atoms with van der Waals surface area (Å²) in [7, 11) is 2.21. The number of nitrogens with one attached hydrogen (secondary N) is 2. The first-order valence-electron chi connectivity index (χ1n) is 5.88. The first kappa shape index (κ1) is 12.0. The molecule has 1 heterocycles. The summed E-state index contributed by atoms with van der Waals surface area (Å²) >= 11 is 0. The molecule has 1 fully saturated rings. The highest BCUT2D eigenvalue weighted by atomic mass is 15.1. The Hall–Kier alpha value is -0.120. The molecule has 1 rings (SSSR count). The van der Waals surface area contributed by atoms with Gasteiger partial charge in [-0.3, -0.25) is 0 Å². The zero-order chi connectivity index (χ0) is 10.4. The number of rotatable bonds is 6. The predicted octanol–water partition coefficient (Wildman–Crippen LogP) is 0.668. The molecule has 0 aromatic carbocycles. The summed E-state index contributed by atoms with van der Waals surface area (Å²) in [6, 6.07) is 1.42. The normalized spacial score (nSPS) is 24.4. The van der Waals surface area contributed by atoms with Gasteiger partial charge in [0.05, 0.1) is 0 Å². The number of nitrogens with zero attached hydrogens (tertiary/aromatic N) is 1. The third kappa shape index (κ3) is 3.95. The Kier molecular flexibility index (Phi) is 5.45. The van der Waals surface area contributed by atoms with Gasteiger partial charge in [0.1, 0.15) is 0 Å². The molecule has 0 aliphatic carbocycles. The van der Waals surface area contributed by atoms with Crippen molar-refractivity contribution < 1.29 is 0 Å². The molecule has 2 N–H and O–H groups in total. The molecule has 2 atom stereocenters. The van der Waals surface area contributed by atoms with Crippen molar-refractivity contribution in [2.75, 3.05) is 33.2 Å². The van der Waals surface area contributed by atoms with Gasteiger partial charge >= 0.3 is 0 Å². The van der Waals surface area contributed by atoms with Crippen LogP contribution in [0.3, 0.4) is 0 Å². The molecule has 2 unspecified atom stereocenters. The van der Waals surface area contributed by atoms with Gasteiger partial charge in [-0.15, -0.1) is 0 Å². The molecule has 0 radical (unpaired) electrons. The van der Waals surface area contributed by atoms with E-state index in [2.05, 4.69) is 36.4 Å². The quantitative estimate of drug-likeness (QED) is 0.658. The highest BCUT2D eigenvalue weighted by molar-refractivity contribution is 4.77. The molecule has 3 heteroatoms. The van der Waals surface area contributed by atoms with E-state index in [0.717, 1.165) is 19.6 Å². The fraction of sp³-hybridized carbons (Fsp3) is 1.00. The fourth-order valence-electron chi connectivity index (χ4n) is 1.81. The summed E-state index contributed by atoms with van der Waals surface area (Å²) in [5.41, 5.74) is 0. The summed E-state index contributed by atoms with van der Waals surface area (Å²) in [5.74, 6) is 0. The summed E-state index contributed by atoms with van der Waals surface area (Å²) in [4.78, 5) is 2.43. The Bertz CT molecular complexity index is 143. The molecule has 0 saturated carbocycles. The van der Waals surface area contributed by atoms with Gasteiger partial charge in [-0.05, 0) is 33.4 Å². The maximum Gasteiger partial charge on any atom is 0.0205 e. The molecule has 84 valence electrons. The van der Waals surface area contributed by atoms with E-state index in [4.69, 9.17) is 0 Å². The van der Waals surface area contributed by atoms with Crippen LogP contribution in [-0.2, 0) is 0 Å². The molecule has 1 aliphatic rings. The molecule has 1 aliphatic heterocycles. The number of hydrogen-bond donors (Lipinski definition) is 2. The fourth-order valence-corrected chi connectivity index (χ4v) is 1.81. The lowest BCUT2D eigenvalue weighted by Crippen LogP contribution is -2.39. The molecule has 0 bridgehead atoms. The highest BCUT2D eigenvalue weighted by Crippen LogP contribution is 1.99. The summed E-state index contributed by atoms with van der Waals surface area (Å²) in [6.45, 7) is 9.14. The predicted molar refractivity (Wildman–Crippen MR) is 61.7 cm³/mol. The van der Waals surface area contributed by atoms with Crippen LogP contribution in [-0.4, -0.2) is 50.2 Å². The van der Waals surface area contributed by atoms with Crippen LogP contribution >= 0.6 is 0 Å². The molecule has 0 spiro atoms. The molecule has 0 aromatic heterocycles. The van der Waals surface area contributed by atoms with E-state index in [1.807, 2.05) is 0 Å². The van der Waals surface area contributed by atoms with Crippen molar-refractivity contribution in [1.29, 1.82) is 0 Å². The van der Waals surface area contributed by atoms with E-state index in [9.17, 15) is 0 Å². The van der Waals surface area contributed by atoms with Crippen molar-refractivity contribution in [3.05, 3.63) is 0 Å². The van der Waals surface area contributed by atoms with E-state index >= 15 is 0 Å². The minimum Gasteiger partial charge on any atom is -0.315 e. The maximum absolute atomic E-state index is 3.59. The van der Waals surface area contributed by atoms with Crippen molar-refractivity contribution in [3.63, 3.8) is 0 Å². The van der Waals surface area contributed by atoms with E-state index in [1.165, 1.54) is 19.4 Å². The van der Waals surface area contributed by atoms with Crippen LogP contribution in [0.15, 0.2) is 0 Å². The Balaban J connectivity index is 2.02. The van der Waals surface area contributed by atoms with Crippen LogP contribution in [0.4, 0.5) is 0 Å². The van der Waals surface area contributed by atoms with Gasteiger partial charge in [0, 0.05) is 31.7 Å². The number of hydrogen-bond acceptors (Lipinski definition) is 3. The van der Waals surface area contributed by atoms with Crippen molar-refractivity contribution >= 4 is 0 Å². The van der Waals surface area contributed by atoms with E-state index < -0.39 is 0 Å². The van der Waals surface area contributed by atoms with Gasteiger partial charge < -0.3 is 15.5 Å². The van der Waals surface area contributed by atoms with Gasteiger partial charge in [-0.1, -0.05) is 6.92 Å². The lowest BCUT2D eigenvalue weighted by Gasteiger charge is -2.24. The second-order valence-corrected chi connectivity index (χ2v) is 4.38. The molecule has 1 saturated heterocycles. The molecule has 3 nitrogen and oxygen atoms in total. The van der Waals surface area contributed by atoms with Crippen LogP contribution in [0.1, 0.15) is 26.7 Å². The van der Waals surface area contributed by atoms with Gasteiger partial charge in [-0.25, -0.2) is 0 Å². The average Bonchev–Trinajstić information content (AvgIpc) is 2.69. The van der Waals surface area contributed by atoms with Crippen LogP contribution < -0.4 is 10.6 Å². The smallest absolute Gasteiger partial charge is 0.0205 e. The third-order valence-electron chi connectivity index (χ3n) is 3.30. The Morgan fingerprint density at radius 1 is 1.57 bits per heavy atom. The van der Waals surface area contributed by atoms with E-state index in [0.29, 0.717) is 12.1 Å². The summed E-state index contributed by atoms with van der Waals surface area (Å²) < 4.78 is 0. The van der Waals surface area contributed by atoms with E-state index in [-0.39, 0.29) is 0 Å².